The van der Waals surface area contributed by atoms with Gasteiger partial charge >= 0.3 is 0 Å². The highest BCUT2D eigenvalue weighted by molar-refractivity contribution is 6.18. The van der Waals surface area contributed by atoms with E-state index in [1.807, 2.05) is 12.1 Å². The summed E-state index contributed by atoms with van der Waals surface area (Å²) in [5, 5.41) is 9.11. The molecule has 0 N–H and O–H groups in total. The van der Waals surface area contributed by atoms with Crippen molar-refractivity contribution in [2.75, 3.05) is 4.90 Å². The molecule has 0 bridgehead atoms. The van der Waals surface area contributed by atoms with Gasteiger partial charge in [-0.05, 0) is 60.0 Å². The summed E-state index contributed by atoms with van der Waals surface area (Å²) in [6, 6.07) is 68.9. The average Bonchev–Trinajstić information content (AvgIpc) is 3.95. The minimum atomic E-state index is 0.833. The topological polar surface area (TPSA) is 34.5 Å². The summed E-state index contributed by atoms with van der Waals surface area (Å²) in [5.74, 6) is 0. The number of benzene rings is 9. The SMILES string of the molecule is c1cc(N(c2ccccc2-c2cccc3c2oc2c4ccccc4ccc32)c2cccc3c2oc2ccccc23)cc(-n2c3ccccc3c3ccccc32)c1. The van der Waals surface area contributed by atoms with Gasteiger partial charge in [0.1, 0.15) is 16.7 Å². The third-order valence-corrected chi connectivity index (χ3v) is 11.4. The standard InChI is InChI=1S/C52H32N2O2/c1-2-17-36-33(14-1)30-31-44-43-23-12-22-41(51(43)56-50(36)44)39-20-5-9-27-47(39)54(48-28-13-24-42-40-21-6-10-29-49(40)55-52(42)48)35-16-11-15-34(32-35)53-45-25-7-3-18-37(45)38-19-4-8-26-46(38)53/h1-32H. The summed E-state index contributed by atoms with van der Waals surface area (Å²) < 4.78 is 16.0. The molecule has 3 aromatic heterocycles. The van der Waals surface area contributed by atoms with Gasteiger partial charge in [0.2, 0.25) is 0 Å². The summed E-state index contributed by atoms with van der Waals surface area (Å²) in [4.78, 5) is 2.36. The number of rotatable bonds is 5. The van der Waals surface area contributed by atoms with Gasteiger partial charge in [0, 0.05) is 60.2 Å². The van der Waals surface area contributed by atoms with Gasteiger partial charge in [-0.1, -0.05) is 140 Å². The number of fused-ring (bicyclic) bond motifs is 11. The Morgan fingerprint density at radius 3 is 1.79 bits per heavy atom. The zero-order valence-electron chi connectivity index (χ0n) is 30.2. The molecular formula is C52H32N2O2. The van der Waals surface area contributed by atoms with Crippen molar-refractivity contribution in [2.24, 2.45) is 0 Å². The van der Waals surface area contributed by atoms with Crippen LogP contribution in [0.25, 0.3) is 93.3 Å². The second-order valence-corrected chi connectivity index (χ2v) is 14.4. The van der Waals surface area contributed by atoms with Gasteiger partial charge in [-0.15, -0.1) is 0 Å². The molecule has 0 spiro atoms. The highest BCUT2D eigenvalue weighted by Gasteiger charge is 2.24. The van der Waals surface area contributed by atoms with Crippen LogP contribution in [0.4, 0.5) is 17.1 Å². The van der Waals surface area contributed by atoms with E-state index in [1.165, 1.54) is 21.8 Å². The lowest BCUT2D eigenvalue weighted by Gasteiger charge is -2.28. The van der Waals surface area contributed by atoms with Crippen molar-refractivity contribution in [3.63, 3.8) is 0 Å². The zero-order valence-corrected chi connectivity index (χ0v) is 30.2. The molecule has 12 rings (SSSR count). The summed E-state index contributed by atoms with van der Waals surface area (Å²) in [6.07, 6.45) is 0. The monoisotopic (exact) mass is 716 g/mol. The van der Waals surface area contributed by atoms with Crippen molar-refractivity contribution in [1.29, 1.82) is 0 Å². The number of anilines is 3. The maximum Gasteiger partial charge on any atom is 0.159 e. The lowest BCUT2D eigenvalue weighted by Crippen LogP contribution is -2.12. The van der Waals surface area contributed by atoms with Crippen LogP contribution < -0.4 is 4.90 Å². The largest absolute Gasteiger partial charge is 0.455 e. The molecule has 262 valence electrons. The summed E-state index contributed by atoms with van der Waals surface area (Å²) >= 11 is 0. The van der Waals surface area contributed by atoms with E-state index in [0.29, 0.717) is 0 Å². The average molecular weight is 717 g/mol. The van der Waals surface area contributed by atoms with Gasteiger partial charge in [0.25, 0.3) is 0 Å². The smallest absolute Gasteiger partial charge is 0.159 e. The molecule has 4 heteroatoms. The molecule has 56 heavy (non-hydrogen) atoms. The molecule has 0 radical (unpaired) electrons. The number of aromatic nitrogens is 1. The first-order chi connectivity index (χ1) is 27.8. The number of hydrogen-bond acceptors (Lipinski definition) is 3. The fraction of sp³-hybridized carbons (Fsp3) is 0. The van der Waals surface area contributed by atoms with Crippen molar-refractivity contribution in [3.8, 4) is 16.8 Å². The molecule has 0 amide bonds. The van der Waals surface area contributed by atoms with E-state index in [4.69, 9.17) is 8.83 Å². The predicted octanol–water partition coefficient (Wildman–Crippen LogP) is 14.9. The number of nitrogens with zero attached hydrogens (tertiary/aromatic N) is 2. The minimum Gasteiger partial charge on any atom is -0.455 e. The minimum absolute atomic E-state index is 0.833. The van der Waals surface area contributed by atoms with Crippen LogP contribution in [-0.4, -0.2) is 4.57 Å². The zero-order chi connectivity index (χ0) is 36.7. The Hall–Kier alpha value is -7.56. The summed E-state index contributed by atoms with van der Waals surface area (Å²) in [6.45, 7) is 0. The van der Waals surface area contributed by atoms with Crippen LogP contribution in [0.15, 0.2) is 203 Å². The summed E-state index contributed by atoms with van der Waals surface area (Å²) in [7, 11) is 0. The van der Waals surface area contributed by atoms with Crippen LogP contribution in [0, 0.1) is 0 Å². The van der Waals surface area contributed by atoms with Gasteiger partial charge in [-0.2, -0.15) is 0 Å². The van der Waals surface area contributed by atoms with E-state index in [9.17, 15) is 0 Å². The van der Waals surface area contributed by atoms with Crippen molar-refractivity contribution in [1.82, 2.24) is 4.57 Å². The van der Waals surface area contributed by atoms with Crippen LogP contribution in [-0.2, 0) is 0 Å². The molecule has 4 nitrogen and oxygen atoms in total. The van der Waals surface area contributed by atoms with E-state index in [2.05, 4.69) is 191 Å². The maximum atomic E-state index is 6.92. The van der Waals surface area contributed by atoms with E-state index in [0.717, 1.165) is 88.5 Å². The maximum absolute atomic E-state index is 6.92. The molecule has 0 unspecified atom stereocenters. The molecule has 0 aliphatic rings. The Kier molecular flexibility index (Phi) is 6.60. The third-order valence-electron chi connectivity index (χ3n) is 11.4. The quantitative estimate of drug-likeness (QED) is 0.178. The fourth-order valence-electron chi connectivity index (χ4n) is 8.92. The normalized spacial score (nSPS) is 11.9. The number of hydrogen-bond donors (Lipinski definition) is 0. The summed E-state index contributed by atoms with van der Waals surface area (Å²) in [5.41, 5.74) is 11.9. The van der Waals surface area contributed by atoms with Crippen LogP contribution in [0.5, 0.6) is 0 Å². The van der Waals surface area contributed by atoms with Crippen LogP contribution in [0.2, 0.25) is 0 Å². The molecular weight excluding hydrogens is 685 g/mol. The van der Waals surface area contributed by atoms with Crippen molar-refractivity contribution >= 4 is 93.5 Å². The molecule has 0 fully saturated rings. The first-order valence-electron chi connectivity index (χ1n) is 19.0. The lowest BCUT2D eigenvalue weighted by atomic mass is 9.98. The molecule has 0 atom stereocenters. The van der Waals surface area contributed by atoms with Crippen molar-refractivity contribution < 1.29 is 8.83 Å². The first-order valence-corrected chi connectivity index (χ1v) is 19.0. The number of furan rings is 2. The van der Waals surface area contributed by atoms with E-state index >= 15 is 0 Å². The Balaban J connectivity index is 1.14. The predicted molar refractivity (Wildman–Crippen MR) is 233 cm³/mol. The Bertz CT molecular complexity index is 3460. The molecule has 9 aromatic carbocycles. The molecule has 12 aromatic rings. The lowest BCUT2D eigenvalue weighted by molar-refractivity contribution is 0.669. The van der Waals surface area contributed by atoms with Gasteiger partial charge in [0.05, 0.1) is 22.4 Å². The highest BCUT2D eigenvalue weighted by Crippen LogP contribution is 2.48. The molecule has 3 heterocycles. The van der Waals surface area contributed by atoms with Gasteiger partial charge in [-0.25, -0.2) is 0 Å². The highest BCUT2D eigenvalue weighted by atomic mass is 16.3. The number of para-hydroxylation sites is 6. The van der Waals surface area contributed by atoms with Gasteiger partial charge in [-0.3, -0.25) is 0 Å². The van der Waals surface area contributed by atoms with Crippen molar-refractivity contribution in [2.45, 2.75) is 0 Å². The third kappa shape index (κ3) is 4.47. The Morgan fingerprint density at radius 1 is 0.357 bits per heavy atom. The molecule has 0 aliphatic heterocycles. The Labute approximate surface area is 321 Å². The first kappa shape index (κ1) is 30.9. The molecule has 0 aliphatic carbocycles. The second-order valence-electron chi connectivity index (χ2n) is 14.4. The van der Waals surface area contributed by atoms with Crippen molar-refractivity contribution in [3.05, 3.63) is 194 Å². The molecule has 0 saturated heterocycles. The van der Waals surface area contributed by atoms with E-state index < -0.39 is 0 Å². The fourth-order valence-corrected chi connectivity index (χ4v) is 8.92. The second kappa shape index (κ2) is 12.0. The van der Waals surface area contributed by atoms with Gasteiger partial charge in [0.15, 0.2) is 5.58 Å². The van der Waals surface area contributed by atoms with E-state index in [1.54, 1.807) is 0 Å². The van der Waals surface area contributed by atoms with Crippen LogP contribution >= 0.6 is 0 Å². The Morgan fingerprint density at radius 2 is 0.946 bits per heavy atom. The van der Waals surface area contributed by atoms with Gasteiger partial charge < -0.3 is 18.3 Å². The van der Waals surface area contributed by atoms with Crippen LogP contribution in [0.3, 0.4) is 0 Å². The van der Waals surface area contributed by atoms with E-state index in [-0.39, 0.29) is 0 Å². The molecule has 0 saturated carbocycles. The van der Waals surface area contributed by atoms with Crippen LogP contribution in [0.1, 0.15) is 0 Å².